The fourth-order valence-corrected chi connectivity index (χ4v) is 8.31. The third-order valence-corrected chi connectivity index (χ3v) is 9.67. The van der Waals surface area contributed by atoms with Crippen molar-refractivity contribution in [3.8, 4) is 17.2 Å². The van der Waals surface area contributed by atoms with Gasteiger partial charge in [-0.05, 0) is 88.7 Å². The second-order valence-electron chi connectivity index (χ2n) is 11.4. The van der Waals surface area contributed by atoms with Gasteiger partial charge in [0, 0.05) is 33.5 Å². The quantitative estimate of drug-likeness (QED) is 0.548. The summed E-state index contributed by atoms with van der Waals surface area (Å²) in [6, 6.07) is 4.25. The van der Waals surface area contributed by atoms with Gasteiger partial charge in [0.2, 0.25) is 0 Å². The minimum Gasteiger partial charge on any atom is -0.390 e. The second-order valence-corrected chi connectivity index (χ2v) is 12.9. The molecule has 3 heterocycles. The lowest BCUT2D eigenvalue weighted by Gasteiger charge is -2.58. The van der Waals surface area contributed by atoms with Gasteiger partial charge in [0.15, 0.2) is 0 Å². The molecule has 0 aliphatic heterocycles. The number of amides is 1. The Morgan fingerprint density at radius 1 is 1.20 bits per heavy atom. The maximum absolute atomic E-state index is 13.6. The van der Waals surface area contributed by atoms with Gasteiger partial charge >= 0.3 is 0 Å². The number of carbonyl (C=O) groups excluding carboxylic acids is 1. The molecule has 35 heavy (non-hydrogen) atoms. The van der Waals surface area contributed by atoms with Gasteiger partial charge in [-0.25, -0.2) is 14.6 Å². The molecule has 7 nitrogen and oxygen atoms in total. The molecule has 1 amide bonds. The molecule has 5 aliphatic rings. The number of carbonyl (C=O) groups is 1. The predicted octanol–water partition coefficient (Wildman–Crippen LogP) is 4.55. The van der Waals surface area contributed by atoms with E-state index in [9.17, 15) is 9.90 Å². The summed E-state index contributed by atoms with van der Waals surface area (Å²) in [7, 11) is 0. The summed E-state index contributed by atoms with van der Waals surface area (Å²) >= 11 is 1.77. The molecule has 3 unspecified atom stereocenters. The van der Waals surface area contributed by atoms with Crippen molar-refractivity contribution in [2.45, 2.75) is 76.4 Å². The number of aromatic nitrogens is 4. The van der Waals surface area contributed by atoms with E-state index in [1.165, 1.54) is 9.75 Å². The van der Waals surface area contributed by atoms with Gasteiger partial charge in [0.25, 0.3) is 11.9 Å². The Morgan fingerprint density at radius 3 is 2.63 bits per heavy atom. The smallest absolute Gasteiger partial charge is 0.255 e. The Hall–Kier alpha value is -2.58. The molecule has 4 bridgehead atoms. The third-order valence-electron chi connectivity index (χ3n) is 8.70. The van der Waals surface area contributed by atoms with Gasteiger partial charge in [0.05, 0.1) is 28.7 Å². The Kier molecular flexibility index (Phi) is 4.77. The number of thiophene rings is 1. The highest BCUT2D eigenvalue weighted by atomic mass is 32.1. The van der Waals surface area contributed by atoms with Crippen molar-refractivity contribution in [2.24, 2.45) is 17.8 Å². The van der Waals surface area contributed by atoms with E-state index in [-0.39, 0.29) is 11.9 Å². The summed E-state index contributed by atoms with van der Waals surface area (Å²) in [4.78, 5) is 25.5. The summed E-state index contributed by atoms with van der Waals surface area (Å²) in [5, 5.41) is 18.9. The zero-order chi connectivity index (χ0) is 23.9. The topological polar surface area (TPSA) is 92.9 Å². The molecule has 3 aromatic rings. The van der Waals surface area contributed by atoms with Crippen LogP contribution in [0.1, 0.15) is 76.7 Å². The van der Waals surface area contributed by atoms with E-state index in [2.05, 4.69) is 35.3 Å². The van der Waals surface area contributed by atoms with Crippen LogP contribution in [0.5, 0.6) is 0 Å². The molecule has 5 fully saturated rings. The molecular weight excluding hydrogens is 458 g/mol. The van der Waals surface area contributed by atoms with Crippen LogP contribution >= 0.6 is 11.3 Å². The number of hydrogen-bond donors (Lipinski definition) is 2. The van der Waals surface area contributed by atoms with Crippen molar-refractivity contribution in [2.75, 3.05) is 0 Å². The molecule has 3 aromatic heterocycles. The number of nitrogens with one attached hydrogen (secondary N) is 1. The first-order valence-electron chi connectivity index (χ1n) is 12.9. The average molecular weight is 490 g/mol. The van der Waals surface area contributed by atoms with Crippen LogP contribution in [0.25, 0.3) is 17.2 Å². The largest absolute Gasteiger partial charge is 0.390 e. The van der Waals surface area contributed by atoms with Crippen LogP contribution < -0.4 is 5.32 Å². The maximum Gasteiger partial charge on any atom is 0.255 e. The molecule has 0 spiro atoms. The molecule has 182 valence electrons. The fraction of sp³-hybridized carbons (Fsp3) is 0.556. The van der Waals surface area contributed by atoms with E-state index in [0.717, 1.165) is 61.9 Å². The van der Waals surface area contributed by atoms with Crippen molar-refractivity contribution in [1.29, 1.82) is 0 Å². The first-order valence-corrected chi connectivity index (χ1v) is 13.7. The minimum absolute atomic E-state index is 0.0388. The molecule has 5 saturated carbocycles. The van der Waals surface area contributed by atoms with Crippen molar-refractivity contribution in [1.82, 2.24) is 25.1 Å². The normalized spacial score (nSPS) is 31.2. The van der Waals surface area contributed by atoms with Gasteiger partial charge in [0.1, 0.15) is 0 Å². The lowest BCUT2D eigenvalue weighted by Crippen LogP contribution is -2.61. The summed E-state index contributed by atoms with van der Waals surface area (Å²) in [5.74, 6) is 2.18. The highest BCUT2D eigenvalue weighted by Gasteiger charge is 2.55. The zero-order valence-electron chi connectivity index (χ0n) is 20.2. The SMILES string of the molecule is Cc1cc(-c2ccnc(-n3ncc(C(=O)NC4[C@@H]5CC6C[C@H]4CC(O)(C6)C5)c3C3CC3)n2)c(C)s1. The monoisotopic (exact) mass is 489 g/mol. The first kappa shape index (κ1) is 21.7. The van der Waals surface area contributed by atoms with Crippen LogP contribution in [0.15, 0.2) is 24.5 Å². The van der Waals surface area contributed by atoms with Gasteiger partial charge in [-0.15, -0.1) is 11.3 Å². The van der Waals surface area contributed by atoms with E-state index < -0.39 is 5.60 Å². The number of aliphatic hydroxyl groups is 1. The van der Waals surface area contributed by atoms with Gasteiger partial charge in [-0.3, -0.25) is 4.79 Å². The van der Waals surface area contributed by atoms with E-state index in [4.69, 9.17) is 4.98 Å². The lowest BCUT2D eigenvalue weighted by molar-refractivity contribution is -0.136. The number of nitrogens with zero attached hydrogens (tertiary/aromatic N) is 4. The zero-order valence-corrected chi connectivity index (χ0v) is 21.0. The van der Waals surface area contributed by atoms with Crippen LogP contribution in [0.2, 0.25) is 0 Å². The molecule has 2 N–H and O–H groups in total. The number of hydrogen-bond acceptors (Lipinski definition) is 6. The molecule has 0 aromatic carbocycles. The molecule has 8 heteroatoms. The summed E-state index contributed by atoms with van der Waals surface area (Å²) in [6.45, 7) is 4.22. The van der Waals surface area contributed by atoms with Crippen molar-refractivity contribution in [3.63, 3.8) is 0 Å². The molecule has 8 rings (SSSR count). The van der Waals surface area contributed by atoms with Gasteiger partial charge < -0.3 is 10.4 Å². The van der Waals surface area contributed by atoms with Crippen LogP contribution in [0, 0.1) is 31.6 Å². The van der Waals surface area contributed by atoms with E-state index >= 15 is 0 Å². The standard InChI is InChI=1S/C27H31N5O2S/c1-14-7-20(15(2)35-14)22-5-6-28-26(30-22)32-24(17-3-4-17)21(13-29-32)25(33)31-23-18-8-16-9-19(23)12-27(34,10-16)11-18/h5-7,13,16-19,23,34H,3-4,8-12H2,1-2H3,(H,31,33)/t16?,18-,19+,23?,27?. The Balaban J connectivity index is 1.19. The Morgan fingerprint density at radius 2 is 1.97 bits per heavy atom. The lowest BCUT2D eigenvalue weighted by atomic mass is 9.52. The summed E-state index contributed by atoms with van der Waals surface area (Å²) < 4.78 is 1.78. The third kappa shape index (κ3) is 3.64. The maximum atomic E-state index is 13.6. The van der Waals surface area contributed by atoms with E-state index in [0.29, 0.717) is 35.2 Å². The highest BCUT2D eigenvalue weighted by molar-refractivity contribution is 7.12. The van der Waals surface area contributed by atoms with Crippen molar-refractivity contribution in [3.05, 3.63) is 45.5 Å². The molecule has 0 radical (unpaired) electrons. The number of rotatable bonds is 5. The minimum atomic E-state index is -0.497. The Labute approximate surface area is 209 Å². The van der Waals surface area contributed by atoms with Crippen LogP contribution in [-0.4, -0.2) is 42.4 Å². The van der Waals surface area contributed by atoms with Gasteiger partial charge in [-0.1, -0.05) is 0 Å². The van der Waals surface area contributed by atoms with Gasteiger partial charge in [-0.2, -0.15) is 5.10 Å². The van der Waals surface area contributed by atoms with Crippen LogP contribution in [0.3, 0.4) is 0 Å². The predicted molar refractivity (Wildman–Crippen MR) is 134 cm³/mol. The van der Waals surface area contributed by atoms with Crippen molar-refractivity contribution >= 4 is 17.2 Å². The molecule has 0 saturated heterocycles. The van der Waals surface area contributed by atoms with Crippen molar-refractivity contribution < 1.29 is 9.90 Å². The van der Waals surface area contributed by atoms with E-state index in [1.807, 2.05) is 6.07 Å². The van der Waals surface area contributed by atoms with E-state index in [1.54, 1.807) is 28.4 Å². The fourth-order valence-electron chi connectivity index (χ4n) is 7.37. The first-order chi connectivity index (χ1) is 16.9. The summed E-state index contributed by atoms with van der Waals surface area (Å²) in [5.41, 5.74) is 3.09. The second kappa shape index (κ2) is 7.71. The Bertz CT molecular complexity index is 1310. The highest BCUT2D eigenvalue weighted by Crippen LogP contribution is 2.55. The summed E-state index contributed by atoms with van der Waals surface area (Å²) in [6.07, 6.45) is 10.4. The average Bonchev–Trinajstić information content (AvgIpc) is 3.45. The molecule has 5 atom stereocenters. The number of aryl methyl sites for hydroxylation is 2. The molecule has 5 aliphatic carbocycles. The molecular formula is C27H31N5O2S. The van der Waals surface area contributed by atoms with Crippen LogP contribution in [0.4, 0.5) is 0 Å². The van der Waals surface area contributed by atoms with Crippen LogP contribution in [-0.2, 0) is 0 Å².